The summed E-state index contributed by atoms with van der Waals surface area (Å²) < 4.78 is 5.63. The minimum Gasteiger partial charge on any atom is -0.450 e. The van der Waals surface area contributed by atoms with Gasteiger partial charge in [-0.1, -0.05) is 72.8 Å². The molecule has 39 heavy (non-hydrogen) atoms. The standard InChI is InChI=1S/C29H22N4O6/c34-28(25-18-29(25,21-9-3-1-4-10-21)22-11-5-2-6-12-22)31-30-19-20-8-7-13-24(16-20)39-27-15-14-23(32(35)36)17-26(27)33(37)38/h1-17,19,25H,18H2,(H,31,34)/b30-19-/t25-/m1/s1. The fourth-order valence-electron chi connectivity index (χ4n) is 4.74. The molecule has 0 aromatic heterocycles. The molecule has 1 atom stereocenters. The summed E-state index contributed by atoms with van der Waals surface area (Å²) in [5, 5.41) is 26.5. The largest absolute Gasteiger partial charge is 0.450 e. The summed E-state index contributed by atoms with van der Waals surface area (Å²) in [6, 6.07) is 29.6. The van der Waals surface area contributed by atoms with Gasteiger partial charge < -0.3 is 4.74 Å². The highest BCUT2D eigenvalue weighted by atomic mass is 16.6. The Balaban J connectivity index is 1.29. The Morgan fingerprint density at radius 2 is 1.54 bits per heavy atom. The maximum absolute atomic E-state index is 13.1. The number of hydrogen-bond acceptors (Lipinski definition) is 7. The molecule has 0 aliphatic heterocycles. The van der Waals surface area contributed by atoms with Crippen LogP contribution in [0.5, 0.6) is 11.5 Å². The molecule has 0 heterocycles. The Morgan fingerprint density at radius 1 is 0.872 bits per heavy atom. The molecule has 10 heteroatoms. The number of carbonyl (C=O) groups excluding carboxylic acids is 1. The van der Waals surface area contributed by atoms with Crippen LogP contribution in [0.4, 0.5) is 11.4 Å². The van der Waals surface area contributed by atoms with Crippen molar-refractivity contribution in [3.63, 3.8) is 0 Å². The monoisotopic (exact) mass is 522 g/mol. The summed E-state index contributed by atoms with van der Waals surface area (Å²) in [7, 11) is 0. The number of nitro benzene ring substituents is 2. The van der Waals surface area contributed by atoms with Crippen LogP contribution in [0.15, 0.2) is 108 Å². The molecular weight excluding hydrogens is 500 g/mol. The number of benzene rings is 4. The van der Waals surface area contributed by atoms with Gasteiger partial charge >= 0.3 is 5.69 Å². The molecule has 1 N–H and O–H groups in total. The molecule has 1 aliphatic carbocycles. The lowest BCUT2D eigenvalue weighted by molar-refractivity contribution is -0.394. The first kappa shape index (κ1) is 25.3. The van der Waals surface area contributed by atoms with Crippen molar-refractivity contribution < 1.29 is 19.4 Å². The molecule has 1 aliphatic rings. The van der Waals surface area contributed by atoms with E-state index in [2.05, 4.69) is 10.5 Å². The van der Waals surface area contributed by atoms with Gasteiger partial charge in [0.1, 0.15) is 5.75 Å². The second-order valence-electron chi connectivity index (χ2n) is 9.04. The molecule has 194 valence electrons. The van der Waals surface area contributed by atoms with Crippen molar-refractivity contribution in [2.24, 2.45) is 11.0 Å². The molecular formula is C29H22N4O6. The predicted molar refractivity (Wildman–Crippen MR) is 144 cm³/mol. The molecule has 1 fully saturated rings. The highest BCUT2D eigenvalue weighted by Crippen LogP contribution is 2.58. The van der Waals surface area contributed by atoms with E-state index < -0.39 is 26.6 Å². The maximum atomic E-state index is 13.1. The lowest BCUT2D eigenvalue weighted by Gasteiger charge is -2.18. The summed E-state index contributed by atoms with van der Waals surface area (Å²) in [5.41, 5.74) is 4.01. The molecule has 0 saturated heterocycles. The number of hydrogen-bond donors (Lipinski definition) is 1. The molecule has 4 aromatic rings. The molecule has 10 nitrogen and oxygen atoms in total. The van der Waals surface area contributed by atoms with Crippen LogP contribution in [-0.4, -0.2) is 22.0 Å². The SMILES string of the molecule is O=C(N/N=C\c1cccc(Oc2ccc([N+](=O)[O-])cc2[N+](=O)[O-])c1)[C@H]1CC1(c1ccccc1)c1ccccc1. The summed E-state index contributed by atoms with van der Waals surface area (Å²) in [6.07, 6.45) is 2.11. The van der Waals surface area contributed by atoms with Gasteiger partial charge in [0.25, 0.3) is 5.69 Å². The van der Waals surface area contributed by atoms with Gasteiger partial charge in [0.2, 0.25) is 11.7 Å². The van der Waals surface area contributed by atoms with E-state index in [1.54, 1.807) is 24.3 Å². The van der Waals surface area contributed by atoms with Gasteiger partial charge in [-0.15, -0.1) is 0 Å². The fraction of sp³-hybridized carbons (Fsp3) is 0.103. The van der Waals surface area contributed by atoms with Crippen LogP contribution >= 0.6 is 0 Å². The van der Waals surface area contributed by atoms with E-state index in [4.69, 9.17) is 4.74 Å². The zero-order valence-corrected chi connectivity index (χ0v) is 20.5. The number of nitrogens with zero attached hydrogens (tertiary/aromatic N) is 3. The van der Waals surface area contributed by atoms with E-state index in [0.29, 0.717) is 12.0 Å². The van der Waals surface area contributed by atoms with Crippen LogP contribution in [-0.2, 0) is 10.2 Å². The normalized spacial score (nSPS) is 15.4. The molecule has 1 amide bonds. The van der Waals surface area contributed by atoms with Crippen molar-refractivity contribution in [3.05, 3.63) is 140 Å². The summed E-state index contributed by atoms with van der Waals surface area (Å²) in [5.74, 6) is -0.360. The molecule has 0 bridgehead atoms. The number of hydrazone groups is 1. The third kappa shape index (κ3) is 5.21. The van der Waals surface area contributed by atoms with Crippen molar-refractivity contribution in [2.75, 3.05) is 0 Å². The van der Waals surface area contributed by atoms with Crippen molar-refractivity contribution in [2.45, 2.75) is 11.8 Å². The van der Waals surface area contributed by atoms with Crippen LogP contribution in [0.3, 0.4) is 0 Å². The third-order valence-electron chi connectivity index (χ3n) is 6.68. The number of ether oxygens (including phenoxy) is 1. The lowest BCUT2D eigenvalue weighted by atomic mass is 9.85. The highest BCUT2D eigenvalue weighted by molar-refractivity contribution is 5.88. The molecule has 1 saturated carbocycles. The number of nitro groups is 2. The third-order valence-corrected chi connectivity index (χ3v) is 6.68. The second-order valence-corrected chi connectivity index (χ2v) is 9.04. The van der Waals surface area contributed by atoms with Crippen LogP contribution in [0.2, 0.25) is 0 Å². The van der Waals surface area contributed by atoms with Crippen molar-refractivity contribution >= 4 is 23.5 Å². The van der Waals surface area contributed by atoms with Crippen molar-refractivity contribution in [3.8, 4) is 11.5 Å². The Labute approximate surface area is 222 Å². The quantitative estimate of drug-likeness (QED) is 0.169. The van der Waals surface area contributed by atoms with Gasteiger partial charge in [0.05, 0.1) is 28.0 Å². The zero-order valence-electron chi connectivity index (χ0n) is 20.5. The van der Waals surface area contributed by atoms with Crippen LogP contribution < -0.4 is 10.2 Å². The van der Waals surface area contributed by atoms with Crippen molar-refractivity contribution in [1.29, 1.82) is 0 Å². The summed E-state index contributed by atoms with van der Waals surface area (Å²) in [4.78, 5) is 34.0. The first-order chi connectivity index (χ1) is 18.9. The fourth-order valence-corrected chi connectivity index (χ4v) is 4.74. The molecule has 5 rings (SSSR count). The van der Waals surface area contributed by atoms with Gasteiger partial charge in [0, 0.05) is 11.5 Å². The Hall–Kier alpha value is -5.38. The van der Waals surface area contributed by atoms with E-state index in [1.807, 2.05) is 60.7 Å². The molecule has 0 spiro atoms. The van der Waals surface area contributed by atoms with E-state index in [1.165, 1.54) is 12.3 Å². The van der Waals surface area contributed by atoms with Crippen LogP contribution in [0.25, 0.3) is 0 Å². The topological polar surface area (TPSA) is 137 Å². The minimum absolute atomic E-state index is 0.139. The van der Waals surface area contributed by atoms with Gasteiger partial charge in [-0.2, -0.15) is 5.10 Å². The smallest absolute Gasteiger partial charge is 0.318 e. The van der Waals surface area contributed by atoms with Crippen LogP contribution in [0, 0.1) is 26.1 Å². The zero-order chi connectivity index (χ0) is 27.4. The maximum Gasteiger partial charge on any atom is 0.318 e. The number of rotatable bonds is 9. The van der Waals surface area contributed by atoms with Crippen molar-refractivity contribution in [1.82, 2.24) is 5.43 Å². The predicted octanol–water partition coefficient (Wildman–Crippen LogP) is 5.75. The molecule has 0 unspecified atom stereocenters. The first-order valence-electron chi connectivity index (χ1n) is 12.0. The van der Waals surface area contributed by atoms with Gasteiger partial charge in [-0.25, -0.2) is 5.43 Å². The molecule has 0 radical (unpaired) electrons. The Morgan fingerprint density at radius 3 is 2.15 bits per heavy atom. The van der Waals surface area contributed by atoms with E-state index in [9.17, 15) is 25.0 Å². The van der Waals surface area contributed by atoms with Gasteiger partial charge in [0.15, 0.2) is 0 Å². The van der Waals surface area contributed by atoms with E-state index in [-0.39, 0.29) is 23.3 Å². The number of non-ortho nitro benzene ring substituents is 1. The minimum atomic E-state index is -0.744. The number of carbonyl (C=O) groups is 1. The lowest BCUT2D eigenvalue weighted by Crippen LogP contribution is -2.25. The van der Waals surface area contributed by atoms with Gasteiger partial charge in [-0.3, -0.25) is 25.0 Å². The number of nitrogens with one attached hydrogen (secondary N) is 1. The van der Waals surface area contributed by atoms with Gasteiger partial charge in [-0.05, 0) is 41.3 Å². The Bertz CT molecular complexity index is 1530. The second kappa shape index (κ2) is 10.5. The van der Waals surface area contributed by atoms with Crippen LogP contribution in [0.1, 0.15) is 23.1 Å². The average Bonchev–Trinajstić information content (AvgIpc) is 3.71. The summed E-state index contributed by atoms with van der Waals surface area (Å²) in [6.45, 7) is 0. The Kier molecular flexibility index (Phi) is 6.83. The van der Waals surface area contributed by atoms with E-state index in [0.717, 1.165) is 23.3 Å². The summed E-state index contributed by atoms with van der Waals surface area (Å²) >= 11 is 0. The number of amides is 1. The average molecular weight is 523 g/mol. The first-order valence-corrected chi connectivity index (χ1v) is 12.0. The molecule has 4 aromatic carbocycles. The van der Waals surface area contributed by atoms with E-state index >= 15 is 0 Å². The highest BCUT2D eigenvalue weighted by Gasteiger charge is 2.60.